The molecule has 1 unspecified atom stereocenters. The number of nitrogens with zero attached hydrogens (tertiary/aromatic N) is 1. The van der Waals surface area contributed by atoms with E-state index in [9.17, 15) is 13.2 Å². The van der Waals surface area contributed by atoms with Gasteiger partial charge in [0.05, 0.1) is 0 Å². The zero-order valence-corrected chi connectivity index (χ0v) is 12.6. The molecule has 1 fully saturated rings. The first-order valence-electron chi connectivity index (χ1n) is 6.37. The predicted octanol–water partition coefficient (Wildman–Crippen LogP) is -0.0700. The first-order chi connectivity index (χ1) is 9.32. The Balaban J connectivity index is 2.20. The first kappa shape index (κ1) is 15.0. The molecule has 2 rings (SSSR count). The van der Waals surface area contributed by atoms with Crippen LogP contribution in [-0.2, 0) is 10.0 Å². The van der Waals surface area contributed by atoms with Gasteiger partial charge >= 0.3 is 0 Å². The lowest BCUT2D eigenvalue weighted by molar-refractivity contribution is 0.0910. The van der Waals surface area contributed by atoms with Crippen molar-refractivity contribution >= 4 is 15.9 Å². The van der Waals surface area contributed by atoms with Crippen molar-refractivity contribution in [3.63, 3.8) is 0 Å². The highest BCUT2D eigenvalue weighted by Gasteiger charge is 2.27. The van der Waals surface area contributed by atoms with E-state index in [4.69, 9.17) is 4.42 Å². The average molecular weight is 301 g/mol. The van der Waals surface area contributed by atoms with Crippen LogP contribution in [0.15, 0.2) is 15.4 Å². The van der Waals surface area contributed by atoms with Crippen LogP contribution in [0.5, 0.6) is 0 Å². The second-order valence-electron chi connectivity index (χ2n) is 4.98. The molecule has 1 atom stereocenters. The molecular weight excluding hydrogens is 282 g/mol. The van der Waals surface area contributed by atoms with Gasteiger partial charge < -0.3 is 15.1 Å². The fourth-order valence-electron chi connectivity index (χ4n) is 2.06. The fourth-order valence-corrected chi connectivity index (χ4v) is 3.12. The SMILES string of the molecule is Cc1oc(C(=O)NC2CCNC2)cc1S(=O)(=O)N(C)C. The van der Waals surface area contributed by atoms with E-state index in [0.29, 0.717) is 6.54 Å². The summed E-state index contributed by atoms with van der Waals surface area (Å²) in [4.78, 5) is 12.0. The molecule has 7 nitrogen and oxygen atoms in total. The van der Waals surface area contributed by atoms with E-state index in [0.717, 1.165) is 17.3 Å². The Morgan fingerprint density at radius 2 is 2.20 bits per heavy atom. The maximum Gasteiger partial charge on any atom is 0.287 e. The molecule has 1 amide bonds. The third-order valence-electron chi connectivity index (χ3n) is 3.25. The van der Waals surface area contributed by atoms with Crippen molar-refractivity contribution in [2.75, 3.05) is 27.2 Å². The second kappa shape index (κ2) is 5.55. The Morgan fingerprint density at radius 3 is 2.75 bits per heavy atom. The summed E-state index contributed by atoms with van der Waals surface area (Å²) >= 11 is 0. The normalized spacial score (nSPS) is 19.5. The lowest BCUT2D eigenvalue weighted by atomic mass is 10.2. The number of amides is 1. The molecule has 1 aliphatic heterocycles. The molecule has 1 aromatic heterocycles. The van der Waals surface area contributed by atoms with E-state index in [1.165, 1.54) is 27.1 Å². The summed E-state index contributed by atoms with van der Waals surface area (Å²) < 4.78 is 30.5. The number of hydrogen-bond donors (Lipinski definition) is 2. The molecule has 0 saturated carbocycles. The van der Waals surface area contributed by atoms with E-state index in [2.05, 4.69) is 10.6 Å². The minimum Gasteiger partial charge on any atom is -0.455 e. The van der Waals surface area contributed by atoms with Crippen LogP contribution in [0.3, 0.4) is 0 Å². The topological polar surface area (TPSA) is 91.6 Å². The zero-order chi connectivity index (χ0) is 14.9. The van der Waals surface area contributed by atoms with Gasteiger partial charge in [0.25, 0.3) is 5.91 Å². The summed E-state index contributed by atoms with van der Waals surface area (Å²) in [6, 6.07) is 1.34. The number of sulfonamides is 1. The molecule has 1 aliphatic rings. The molecule has 112 valence electrons. The molecule has 2 N–H and O–H groups in total. The molecule has 0 bridgehead atoms. The fraction of sp³-hybridized carbons (Fsp3) is 0.583. The van der Waals surface area contributed by atoms with Crippen LogP contribution in [-0.4, -0.2) is 51.9 Å². The summed E-state index contributed by atoms with van der Waals surface area (Å²) in [7, 11) is -0.728. The van der Waals surface area contributed by atoms with E-state index in [1.807, 2.05) is 0 Å². The number of rotatable bonds is 4. The number of nitrogens with one attached hydrogen (secondary N) is 2. The number of furan rings is 1. The maximum absolute atomic E-state index is 12.1. The van der Waals surface area contributed by atoms with Crippen LogP contribution >= 0.6 is 0 Å². The minimum absolute atomic E-state index is 0.0230. The van der Waals surface area contributed by atoms with E-state index in [-0.39, 0.29) is 28.4 Å². The Morgan fingerprint density at radius 1 is 1.50 bits per heavy atom. The third kappa shape index (κ3) is 2.87. The molecular formula is C12H19N3O4S. The van der Waals surface area contributed by atoms with Gasteiger partial charge in [-0.25, -0.2) is 12.7 Å². The van der Waals surface area contributed by atoms with Gasteiger partial charge in [-0.2, -0.15) is 0 Å². The van der Waals surface area contributed by atoms with Crippen molar-refractivity contribution < 1.29 is 17.6 Å². The zero-order valence-electron chi connectivity index (χ0n) is 11.8. The van der Waals surface area contributed by atoms with Crippen molar-refractivity contribution in [1.82, 2.24) is 14.9 Å². The molecule has 0 radical (unpaired) electrons. The van der Waals surface area contributed by atoms with Crippen molar-refractivity contribution in [3.8, 4) is 0 Å². The lowest BCUT2D eigenvalue weighted by Gasteiger charge is -2.09. The van der Waals surface area contributed by atoms with Crippen LogP contribution in [0.1, 0.15) is 22.7 Å². The minimum atomic E-state index is -3.60. The van der Waals surface area contributed by atoms with E-state index < -0.39 is 10.0 Å². The van der Waals surface area contributed by atoms with Gasteiger partial charge in [-0.05, 0) is 19.9 Å². The Hall–Kier alpha value is -1.38. The number of carbonyl (C=O) groups excluding carboxylic acids is 1. The van der Waals surface area contributed by atoms with Crippen LogP contribution in [0.4, 0.5) is 0 Å². The predicted molar refractivity (Wildman–Crippen MR) is 73.1 cm³/mol. The maximum atomic E-state index is 12.1. The van der Waals surface area contributed by atoms with Gasteiger partial charge in [0.2, 0.25) is 10.0 Å². The van der Waals surface area contributed by atoms with Crippen LogP contribution < -0.4 is 10.6 Å². The molecule has 1 aromatic rings. The van der Waals surface area contributed by atoms with Crippen molar-refractivity contribution in [2.24, 2.45) is 0 Å². The largest absolute Gasteiger partial charge is 0.455 e. The van der Waals surface area contributed by atoms with Crippen molar-refractivity contribution in [3.05, 3.63) is 17.6 Å². The van der Waals surface area contributed by atoms with Gasteiger partial charge in [-0.3, -0.25) is 4.79 Å². The standard InChI is InChI=1S/C12H19N3O4S/c1-8-11(20(17,18)15(2)3)6-10(19-8)12(16)14-9-4-5-13-7-9/h6,9,13H,4-5,7H2,1-3H3,(H,14,16). The Labute approximate surface area is 118 Å². The molecule has 0 aromatic carbocycles. The lowest BCUT2D eigenvalue weighted by Crippen LogP contribution is -2.36. The summed E-state index contributed by atoms with van der Waals surface area (Å²) in [5, 5.41) is 5.95. The molecule has 8 heteroatoms. The third-order valence-corrected chi connectivity index (χ3v) is 5.17. The smallest absolute Gasteiger partial charge is 0.287 e. The average Bonchev–Trinajstić information content (AvgIpc) is 2.98. The highest BCUT2D eigenvalue weighted by atomic mass is 32.2. The van der Waals surface area contributed by atoms with Gasteiger partial charge in [-0.15, -0.1) is 0 Å². The van der Waals surface area contributed by atoms with Gasteiger partial charge in [0.1, 0.15) is 10.7 Å². The summed E-state index contributed by atoms with van der Waals surface area (Å²) in [6.45, 7) is 3.11. The van der Waals surface area contributed by atoms with Crippen molar-refractivity contribution in [2.45, 2.75) is 24.3 Å². The van der Waals surface area contributed by atoms with Crippen LogP contribution in [0.2, 0.25) is 0 Å². The van der Waals surface area contributed by atoms with Crippen LogP contribution in [0, 0.1) is 6.92 Å². The highest BCUT2D eigenvalue weighted by Crippen LogP contribution is 2.22. The second-order valence-corrected chi connectivity index (χ2v) is 7.10. The molecule has 0 aliphatic carbocycles. The van der Waals surface area contributed by atoms with Gasteiger partial charge in [0, 0.05) is 32.7 Å². The molecule has 20 heavy (non-hydrogen) atoms. The number of carbonyl (C=O) groups is 1. The molecule has 1 saturated heterocycles. The van der Waals surface area contributed by atoms with Crippen molar-refractivity contribution in [1.29, 1.82) is 0 Å². The molecule has 2 heterocycles. The van der Waals surface area contributed by atoms with Gasteiger partial charge in [0.15, 0.2) is 5.76 Å². The van der Waals surface area contributed by atoms with Crippen LogP contribution in [0.25, 0.3) is 0 Å². The Kier molecular flexibility index (Phi) is 4.17. The quantitative estimate of drug-likeness (QED) is 0.812. The van der Waals surface area contributed by atoms with E-state index >= 15 is 0 Å². The first-order valence-corrected chi connectivity index (χ1v) is 7.81. The summed E-state index contributed by atoms with van der Waals surface area (Å²) in [6.07, 6.45) is 0.855. The summed E-state index contributed by atoms with van der Waals surface area (Å²) in [5.41, 5.74) is 0. The monoisotopic (exact) mass is 301 g/mol. The Bertz CT molecular complexity index is 600. The molecule has 0 spiro atoms. The summed E-state index contributed by atoms with van der Waals surface area (Å²) in [5.74, 6) is -0.148. The highest BCUT2D eigenvalue weighted by molar-refractivity contribution is 7.89. The number of aryl methyl sites for hydroxylation is 1. The van der Waals surface area contributed by atoms with Gasteiger partial charge in [-0.1, -0.05) is 0 Å². The van der Waals surface area contributed by atoms with E-state index in [1.54, 1.807) is 0 Å². The number of hydrogen-bond acceptors (Lipinski definition) is 5.